The van der Waals surface area contributed by atoms with Crippen LogP contribution in [-0.4, -0.2) is 29.4 Å². The van der Waals surface area contributed by atoms with E-state index >= 15 is 0 Å². The van der Waals surface area contributed by atoms with Crippen molar-refractivity contribution in [1.29, 1.82) is 0 Å². The molecule has 20 heavy (non-hydrogen) atoms. The first-order valence-corrected chi connectivity index (χ1v) is 9.30. The van der Waals surface area contributed by atoms with Gasteiger partial charge in [0.2, 0.25) is 5.91 Å². The first-order valence-electron chi connectivity index (χ1n) is 7.37. The molecule has 3 nitrogen and oxygen atoms in total. The number of carbonyl (C=O) groups is 1. The Morgan fingerprint density at radius 3 is 3.20 bits per heavy atom. The molecule has 1 saturated carbocycles. The van der Waals surface area contributed by atoms with Crippen molar-refractivity contribution in [2.24, 2.45) is 5.92 Å². The minimum absolute atomic E-state index is 0.0292. The summed E-state index contributed by atoms with van der Waals surface area (Å²) in [5, 5.41) is 14.9. The summed E-state index contributed by atoms with van der Waals surface area (Å²) < 4.78 is 0. The number of fused-ring (bicyclic) bond motifs is 1. The van der Waals surface area contributed by atoms with Crippen molar-refractivity contribution in [3.8, 4) is 0 Å². The van der Waals surface area contributed by atoms with Gasteiger partial charge in [-0.15, -0.1) is 23.1 Å². The topological polar surface area (TPSA) is 49.3 Å². The van der Waals surface area contributed by atoms with Crippen molar-refractivity contribution >= 4 is 29.0 Å². The number of hydrogen-bond acceptors (Lipinski definition) is 4. The lowest BCUT2D eigenvalue weighted by Gasteiger charge is -2.27. The predicted molar refractivity (Wildman–Crippen MR) is 84.2 cm³/mol. The Balaban J connectivity index is 1.55. The molecule has 2 N–H and O–H groups in total. The van der Waals surface area contributed by atoms with E-state index < -0.39 is 0 Å². The fourth-order valence-corrected chi connectivity index (χ4v) is 5.47. The quantitative estimate of drug-likeness (QED) is 0.902. The van der Waals surface area contributed by atoms with E-state index in [9.17, 15) is 9.90 Å². The predicted octanol–water partition coefficient (Wildman–Crippen LogP) is 2.75. The van der Waals surface area contributed by atoms with Gasteiger partial charge in [0.15, 0.2) is 0 Å². The summed E-state index contributed by atoms with van der Waals surface area (Å²) in [7, 11) is 0. The molecule has 1 aliphatic heterocycles. The van der Waals surface area contributed by atoms with E-state index in [0.29, 0.717) is 12.5 Å². The molecule has 3 unspecified atom stereocenters. The molecular weight excluding hydrogens is 290 g/mol. The number of thiophene rings is 1. The van der Waals surface area contributed by atoms with E-state index in [4.69, 9.17) is 0 Å². The lowest BCUT2D eigenvalue weighted by molar-refractivity contribution is -0.121. The van der Waals surface area contributed by atoms with Crippen molar-refractivity contribution < 1.29 is 9.90 Å². The van der Waals surface area contributed by atoms with Crippen LogP contribution in [0.4, 0.5) is 0 Å². The molecule has 110 valence electrons. The van der Waals surface area contributed by atoms with Gasteiger partial charge in [0.25, 0.3) is 0 Å². The van der Waals surface area contributed by atoms with Crippen LogP contribution >= 0.6 is 23.1 Å². The third-order valence-corrected chi connectivity index (χ3v) is 6.47. The Morgan fingerprint density at radius 2 is 2.35 bits per heavy atom. The zero-order valence-corrected chi connectivity index (χ0v) is 13.1. The molecule has 3 rings (SSSR count). The van der Waals surface area contributed by atoms with Crippen molar-refractivity contribution in [2.75, 3.05) is 12.3 Å². The summed E-state index contributed by atoms with van der Waals surface area (Å²) in [5.74, 6) is 1.63. The highest BCUT2D eigenvalue weighted by molar-refractivity contribution is 8.00. The van der Waals surface area contributed by atoms with Gasteiger partial charge in [0, 0.05) is 11.4 Å². The third kappa shape index (κ3) is 3.21. The second-order valence-corrected chi connectivity index (χ2v) is 7.95. The van der Waals surface area contributed by atoms with E-state index in [-0.39, 0.29) is 17.3 Å². The molecule has 0 spiro atoms. The molecule has 0 bridgehead atoms. The number of carbonyl (C=O) groups excluding carboxylic acids is 1. The lowest BCUT2D eigenvalue weighted by Crippen LogP contribution is -2.35. The number of nitrogens with one attached hydrogen (secondary N) is 1. The molecule has 0 saturated heterocycles. The van der Waals surface area contributed by atoms with E-state index in [1.54, 1.807) is 23.1 Å². The molecule has 3 atom stereocenters. The summed E-state index contributed by atoms with van der Waals surface area (Å²) in [6.07, 6.45) is 4.88. The van der Waals surface area contributed by atoms with Gasteiger partial charge in [0.05, 0.1) is 6.10 Å². The van der Waals surface area contributed by atoms with Gasteiger partial charge in [-0.25, -0.2) is 0 Å². The minimum atomic E-state index is -0.168. The van der Waals surface area contributed by atoms with E-state index in [0.717, 1.165) is 37.9 Å². The van der Waals surface area contributed by atoms with E-state index in [2.05, 4.69) is 16.8 Å². The van der Waals surface area contributed by atoms with Crippen molar-refractivity contribution in [2.45, 2.75) is 43.5 Å². The van der Waals surface area contributed by atoms with Crippen LogP contribution in [0.2, 0.25) is 0 Å². The molecule has 5 heteroatoms. The van der Waals surface area contributed by atoms with Crippen LogP contribution in [0.15, 0.2) is 11.4 Å². The first-order chi connectivity index (χ1) is 9.74. The first kappa shape index (κ1) is 14.4. The number of aliphatic hydroxyl groups excluding tert-OH is 1. The zero-order valence-electron chi connectivity index (χ0n) is 11.5. The Hall–Kier alpha value is -0.520. The summed E-state index contributed by atoms with van der Waals surface area (Å²) in [5.41, 5.74) is 1.22. The van der Waals surface area contributed by atoms with E-state index in [1.807, 2.05) is 0 Å². The summed E-state index contributed by atoms with van der Waals surface area (Å²) in [4.78, 5) is 13.8. The van der Waals surface area contributed by atoms with E-state index in [1.165, 1.54) is 10.4 Å². The zero-order chi connectivity index (χ0) is 13.9. The fourth-order valence-electron chi connectivity index (χ4n) is 3.15. The van der Waals surface area contributed by atoms with Crippen LogP contribution in [0.3, 0.4) is 0 Å². The maximum absolute atomic E-state index is 12.4. The Kier molecular flexibility index (Phi) is 4.68. The molecule has 1 aromatic rings. The average molecular weight is 311 g/mol. The second-order valence-electron chi connectivity index (χ2n) is 5.73. The highest BCUT2D eigenvalue weighted by Crippen LogP contribution is 2.39. The number of aryl methyl sites for hydroxylation is 1. The van der Waals surface area contributed by atoms with Gasteiger partial charge in [-0.3, -0.25) is 4.79 Å². The monoisotopic (exact) mass is 311 g/mol. The smallest absolute Gasteiger partial charge is 0.237 e. The highest BCUT2D eigenvalue weighted by Gasteiger charge is 2.28. The maximum Gasteiger partial charge on any atom is 0.237 e. The Bertz CT molecular complexity index is 474. The standard InChI is InChI=1S/C15H21NO2S2/c17-11-3-1-2-10(8-11)9-16-15(18)14-12-4-6-19-13(12)5-7-20-14/h4,6,10-11,14,17H,1-3,5,7-9H2,(H,16,18). The van der Waals surface area contributed by atoms with Crippen LogP contribution in [0, 0.1) is 5.92 Å². The molecule has 1 aromatic heterocycles. The number of aliphatic hydroxyl groups is 1. The van der Waals surface area contributed by atoms with Crippen molar-refractivity contribution in [3.05, 3.63) is 21.9 Å². The van der Waals surface area contributed by atoms with Crippen LogP contribution in [0.5, 0.6) is 0 Å². The normalized spacial score (nSPS) is 29.8. The molecular formula is C15H21NO2S2. The molecule has 0 radical (unpaired) electrons. The number of hydrogen-bond donors (Lipinski definition) is 2. The largest absolute Gasteiger partial charge is 0.393 e. The maximum atomic E-state index is 12.4. The molecule has 1 aliphatic carbocycles. The summed E-state index contributed by atoms with van der Waals surface area (Å²) >= 11 is 3.52. The number of thioether (sulfide) groups is 1. The lowest BCUT2D eigenvalue weighted by atomic mass is 9.87. The summed E-state index contributed by atoms with van der Waals surface area (Å²) in [6.45, 7) is 0.715. The van der Waals surface area contributed by atoms with Gasteiger partial charge in [-0.05, 0) is 54.4 Å². The fraction of sp³-hybridized carbons (Fsp3) is 0.667. The van der Waals surface area contributed by atoms with Crippen molar-refractivity contribution in [1.82, 2.24) is 5.32 Å². The number of rotatable bonds is 3. The molecule has 1 amide bonds. The van der Waals surface area contributed by atoms with Crippen molar-refractivity contribution in [3.63, 3.8) is 0 Å². The molecule has 0 aromatic carbocycles. The summed E-state index contributed by atoms with van der Waals surface area (Å²) in [6, 6.07) is 2.10. The molecule has 2 heterocycles. The van der Waals surface area contributed by atoms with Gasteiger partial charge in [-0.2, -0.15) is 0 Å². The van der Waals surface area contributed by atoms with Crippen LogP contribution in [-0.2, 0) is 11.2 Å². The number of amides is 1. The Morgan fingerprint density at radius 1 is 1.45 bits per heavy atom. The van der Waals surface area contributed by atoms with Crippen LogP contribution in [0.25, 0.3) is 0 Å². The van der Waals surface area contributed by atoms with Gasteiger partial charge in [0.1, 0.15) is 5.25 Å². The van der Waals surface area contributed by atoms with Gasteiger partial charge < -0.3 is 10.4 Å². The van der Waals surface area contributed by atoms with Crippen LogP contribution < -0.4 is 5.32 Å². The Labute approximate surface area is 128 Å². The van der Waals surface area contributed by atoms with Gasteiger partial charge in [-0.1, -0.05) is 6.42 Å². The SMILES string of the molecule is O=C(NCC1CCCC(O)C1)C1SCCc2sccc21. The van der Waals surface area contributed by atoms with Crippen LogP contribution in [0.1, 0.15) is 41.4 Å². The minimum Gasteiger partial charge on any atom is -0.393 e. The van der Waals surface area contributed by atoms with Gasteiger partial charge >= 0.3 is 0 Å². The third-order valence-electron chi connectivity index (χ3n) is 4.23. The average Bonchev–Trinajstić information content (AvgIpc) is 2.93. The molecule has 1 fully saturated rings. The second kappa shape index (κ2) is 6.50. The molecule has 2 aliphatic rings. The highest BCUT2D eigenvalue weighted by atomic mass is 32.2.